The molecular weight excluding hydrogens is 326 g/mol. The Bertz CT molecular complexity index is 786. The van der Waals surface area contributed by atoms with E-state index in [1.54, 1.807) is 12.1 Å². The summed E-state index contributed by atoms with van der Waals surface area (Å²) >= 11 is 6.25. The number of ether oxygens (including phenoxy) is 2. The summed E-state index contributed by atoms with van der Waals surface area (Å²) in [5, 5.41) is 3.33. The van der Waals surface area contributed by atoms with Gasteiger partial charge in [-0.05, 0) is 42.3 Å². The molecule has 1 heterocycles. The molecule has 1 N–H and O–H groups in total. The van der Waals surface area contributed by atoms with Gasteiger partial charge in [-0.25, -0.2) is 0 Å². The minimum Gasteiger partial charge on any atom is -0.489 e. The molecule has 1 aliphatic rings. The van der Waals surface area contributed by atoms with Gasteiger partial charge in [0.1, 0.15) is 0 Å². The van der Waals surface area contributed by atoms with Crippen LogP contribution in [0, 0.1) is 6.92 Å². The number of aryl methyl sites for hydroxylation is 1. The van der Waals surface area contributed by atoms with Crippen molar-refractivity contribution in [2.75, 3.05) is 18.5 Å². The molecule has 4 nitrogen and oxygen atoms in total. The van der Waals surface area contributed by atoms with Crippen LogP contribution in [0.2, 0.25) is 5.02 Å². The maximum absolute atomic E-state index is 12.1. The van der Waals surface area contributed by atoms with Gasteiger partial charge in [-0.3, -0.25) is 4.79 Å². The molecule has 124 valence electrons. The summed E-state index contributed by atoms with van der Waals surface area (Å²) in [6, 6.07) is 11.2. The van der Waals surface area contributed by atoms with Gasteiger partial charge in [-0.2, -0.15) is 0 Å². The zero-order valence-electron chi connectivity index (χ0n) is 13.3. The number of para-hydroxylation sites is 1. The highest BCUT2D eigenvalue weighted by Crippen LogP contribution is 2.38. The molecule has 0 bridgehead atoms. The lowest BCUT2D eigenvalue weighted by Crippen LogP contribution is -2.08. The molecule has 2 aromatic carbocycles. The third-order valence-corrected chi connectivity index (χ3v) is 3.94. The smallest absolute Gasteiger partial charge is 0.248 e. The summed E-state index contributed by atoms with van der Waals surface area (Å²) in [5.74, 6) is 0.974. The molecule has 5 heteroatoms. The molecule has 0 aromatic heterocycles. The minimum atomic E-state index is -0.201. The highest BCUT2D eigenvalue weighted by atomic mass is 35.5. The van der Waals surface area contributed by atoms with E-state index in [0.29, 0.717) is 29.7 Å². The van der Waals surface area contributed by atoms with Gasteiger partial charge in [0, 0.05) is 18.2 Å². The summed E-state index contributed by atoms with van der Waals surface area (Å²) in [6.07, 6.45) is 3.99. The molecule has 0 saturated heterocycles. The summed E-state index contributed by atoms with van der Waals surface area (Å²) in [5.41, 5.74) is 2.59. The molecule has 3 rings (SSSR count). The van der Waals surface area contributed by atoms with Crippen molar-refractivity contribution in [2.45, 2.75) is 13.3 Å². The molecule has 0 aliphatic carbocycles. The van der Waals surface area contributed by atoms with Crippen LogP contribution in [0.25, 0.3) is 6.08 Å². The number of benzene rings is 2. The molecule has 0 unspecified atom stereocenters. The Labute approximate surface area is 146 Å². The first-order chi connectivity index (χ1) is 11.6. The quantitative estimate of drug-likeness (QED) is 0.837. The molecule has 1 aliphatic heterocycles. The Morgan fingerprint density at radius 3 is 2.83 bits per heavy atom. The van der Waals surface area contributed by atoms with Crippen molar-refractivity contribution in [3.63, 3.8) is 0 Å². The fourth-order valence-electron chi connectivity index (χ4n) is 2.41. The van der Waals surface area contributed by atoms with Gasteiger partial charge < -0.3 is 14.8 Å². The minimum absolute atomic E-state index is 0.201. The van der Waals surface area contributed by atoms with E-state index in [4.69, 9.17) is 21.1 Å². The van der Waals surface area contributed by atoms with Gasteiger partial charge >= 0.3 is 0 Å². The van der Waals surface area contributed by atoms with Gasteiger partial charge in [0.05, 0.1) is 18.2 Å². The van der Waals surface area contributed by atoms with Crippen LogP contribution in [-0.2, 0) is 4.79 Å². The Balaban J connectivity index is 1.74. The number of carbonyl (C=O) groups is 1. The molecule has 1 amide bonds. The van der Waals surface area contributed by atoms with E-state index in [0.717, 1.165) is 23.2 Å². The van der Waals surface area contributed by atoms with Gasteiger partial charge in [0.15, 0.2) is 11.5 Å². The summed E-state index contributed by atoms with van der Waals surface area (Å²) in [4.78, 5) is 12.1. The molecule has 0 spiro atoms. The van der Waals surface area contributed by atoms with Crippen LogP contribution in [0.4, 0.5) is 5.69 Å². The van der Waals surface area contributed by atoms with Crippen molar-refractivity contribution >= 4 is 29.3 Å². The predicted molar refractivity (Wildman–Crippen MR) is 95.9 cm³/mol. The van der Waals surface area contributed by atoms with Crippen LogP contribution in [0.3, 0.4) is 0 Å². The van der Waals surface area contributed by atoms with Gasteiger partial charge in [0.25, 0.3) is 0 Å². The average molecular weight is 344 g/mol. The molecule has 0 atom stereocenters. The first-order valence-electron chi connectivity index (χ1n) is 7.77. The summed E-state index contributed by atoms with van der Waals surface area (Å²) in [7, 11) is 0. The van der Waals surface area contributed by atoms with Crippen molar-refractivity contribution in [3.05, 3.63) is 58.6 Å². The number of anilines is 1. The monoisotopic (exact) mass is 343 g/mol. The first-order valence-corrected chi connectivity index (χ1v) is 8.15. The summed E-state index contributed by atoms with van der Waals surface area (Å²) < 4.78 is 11.2. The Morgan fingerprint density at radius 2 is 2.00 bits per heavy atom. The van der Waals surface area contributed by atoms with E-state index in [9.17, 15) is 4.79 Å². The van der Waals surface area contributed by atoms with E-state index in [2.05, 4.69) is 5.32 Å². The zero-order valence-corrected chi connectivity index (χ0v) is 14.1. The molecule has 2 aromatic rings. The number of hydrogen-bond acceptors (Lipinski definition) is 3. The SMILES string of the molecule is Cc1ccccc1NC(=O)/C=C/c1cc(Cl)c2c(c1)OCCCO2. The molecule has 0 saturated carbocycles. The van der Waals surface area contributed by atoms with Gasteiger partial charge in [-0.15, -0.1) is 0 Å². The van der Waals surface area contributed by atoms with Crippen LogP contribution in [0.15, 0.2) is 42.5 Å². The number of amides is 1. The second-order valence-electron chi connectivity index (χ2n) is 5.52. The number of carbonyl (C=O) groups excluding carboxylic acids is 1. The van der Waals surface area contributed by atoms with Gasteiger partial charge in [-0.1, -0.05) is 29.8 Å². The number of nitrogens with one attached hydrogen (secondary N) is 1. The number of halogens is 1. The van der Waals surface area contributed by atoms with Crippen molar-refractivity contribution in [2.24, 2.45) is 0 Å². The fourth-order valence-corrected chi connectivity index (χ4v) is 2.68. The number of fused-ring (bicyclic) bond motifs is 1. The third kappa shape index (κ3) is 3.89. The van der Waals surface area contributed by atoms with Crippen molar-refractivity contribution in [1.82, 2.24) is 0 Å². The maximum Gasteiger partial charge on any atom is 0.248 e. The second kappa shape index (κ2) is 7.41. The normalized spacial score (nSPS) is 13.6. The van der Waals surface area contributed by atoms with E-state index in [1.165, 1.54) is 6.08 Å². The van der Waals surface area contributed by atoms with E-state index in [1.807, 2.05) is 37.3 Å². The highest BCUT2D eigenvalue weighted by molar-refractivity contribution is 6.32. The maximum atomic E-state index is 12.1. The van der Waals surface area contributed by atoms with Crippen LogP contribution in [0.1, 0.15) is 17.5 Å². The largest absolute Gasteiger partial charge is 0.489 e. The second-order valence-corrected chi connectivity index (χ2v) is 5.93. The third-order valence-electron chi connectivity index (χ3n) is 3.65. The van der Waals surface area contributed by atoms with Crippen LogP contribution < -0.4 is 14.8 Å². The van der Waals surface area contributed by atoms with E-state index < -0.39 is 0 Å². The standard InChI is InChI=1S/C19H18ClNO3/c1-13-5-2-3-6-16(13)21-18(22)8-7-14-11-15(20)19-17(12-14)23-9-4-10-24-19/h2-3,5-8,11-12H,4,9-10H2,1H3,(H,21,22)/b8-7+. The Kier molecular flexibility index (Phi) is 5.06. The average Bonchev–Trinajstić information content (AvgIpc) is 2.81. The number of rotatable bonds is 3. The van der Waals surface area contributed by atoms with E-state index >= 15 is 0 Å². The lowest BCUT2D eigenvalue weighted by atomic mass is 10.1. The van der Waals surface area contributed by atoms with Gasteiger partial charge in [0.2, 0.25) is 5.91 Å². The van der Waals surface area contributed by atoms with Crippen LogP contribution in [0.5, 0.6) is 11.5 Å². The first kappa shape index (κ1) is 16.4. The Morgan fingerprint density at radius 1 is 1.21 bits per heavy atom. The predicted octanol–water partition coefficient (Wildman–Crippen LogP) is 4.46. The molecular formula is C19H18ClNO3. The van der Waals surface area contributed by atoms with Crippen LogP contribution >= 0.6 is 11.6 Å². The molecule has 24 heavy (non-hydrogen) atoms. The Hall–Kier alpha value is -2.46. The van der Waals surface area contributed by atoms with Crippen molar-refractivity contribution in [3.8, 4) is 11.5 Å². The van der Waals surface area contributed by atoms with Crippen molar-refractivity contribution in [1.29, 1.82) is 0 Å². The number of hydrogen-bond donors (Lipinski definition) is 1. The fraction of sp³-hybridized carbons (Fsp3) is 0.211. The van der Waals surface area contributed by atoms with Crippen LogP contribution in [-0.4, -0.2) is 19.1 Å². The lowest BCUT2D eigenvalue weighted by Gasteiger charge is -2.10. The zero-order chi connectivity index (χ0) is 16.9. The summed E-state index contributed by atoms with van der Waals surface area (Å²) in [6.45, 7) is 3.12. The van der Waals surface area contributed by atoms with E-state index in [-0.39, 0.29) is 5.91 Å². The highest BCUT2D eigenvalue weighted by Gasteiger charge is 2.14. The molecule has 0 fully saturated rings. The lowest BCUT2D eigenvalue weighted by molar-refractivity contribution is -0.111. The topological polar surface area (TPSA) is 47.6 Å². The van der Waals surface area contributed by atoms with Crippen molar-refractivity contribution < 1.29 is 14.3 Å². The molecule has 0 radical (unpaired) electrons.